The Morgan fingerprint density at radius 3 is 2.15 bits per heavy atom. The first kappa shape index (κ1) is 25.6. The van der Waals surface area contributed by atoms with Gasteiger partial charge in [-0.1, -0.05) is 64.2 Å². The van der Waals surface area contributed by atoms with Gasteiger partial charge in [-0.15, -0.1) is 0 Å². The van der Waals surface area contributed by atoms with Crippen molar-refractivity contribution in [2.75, 3.05) is 6.61 Å². The molecule has 0 N–H and O–H groups in total. The Morgan fingerprint density at radius 1 is 0.765 bits per heavy atom. The van der Waals surface area contributed by atoms with E-state index < -0.39 is 0 Å². The number of hydrogen-bond acceptors (Lipinski definition) is 4. The summed E-state index contributed by atoms with van der Waals surface area (Å²) in [6.07, 6.45) is 11.4. The van der Waals surface area contributed by atoms with Crippen molar-refractivity contribution >= 4 is 5.97 Å². The summed E-state index contributed by atoms with van der Waals surface area (Å²) in [7, 11) is 0. The summed E-state index contributed by atoms with van der Waals surface area (Å²) in [5.41, 5.74) is 4.75. The van der Waals surface area contributed by atoms with E-state index in [0.717, 1.165) is 42.7 Å². The van der Waals surface area contributed by atoms with Gasteiger partial charge in [-0.05, 0) is 72.9 Å². The third-order valence-corrected chi connectivity index (χ3v) is 5.85. The summed E-state index contributed by atoms with van der Waals surface area (Å²) in [4.78, 5) is 17.1. The fraction of sp³-hybridized carbons (Fsp3) is 0.400. The Labute approximate surface area is 204 Å². The maximum atomic E-state index is 12.5. The van der Waals surface area contributed by atoms with E-state index >= 15 is 0 Å². The monoisotopic (exact) mass is 459 g/mol. The number of nitrogens with zero attached hydrogens (tertiary/aromatic N) is 1. The van der Waals surface area contributed by atoms with Gasteiger partial charge < -0.3 is 9.47 Å². The summed E-state index contributed by atoms with van der Waals surface area (Å²) in [5, 5.41) is 0. The van der Waals surface area contributed by atoms with Gasteiger partial charge in [0.25, 0.3) is 0 Å². The van der Waals surface area contributed by atoms with Crippen LogP contribution in [-0.4, -0.2) is 17.6 Å². The number of rotatable bonds is 14. The van der Waals surface area contributed by atoms with E-state index in [0.29, 0.717) is 17.9 Å². The maximum absolute atomic E-state index is 12.5. The molecule has 2 aromatic carbocycles. The Kier molecular flexibility index (Phi) is 10.8. The first-order valence-electron chi connectivity index (χ1n) is 12.6. The Balaban J connectivity index is 1.48. The van der Waals surface area contributed by atoms with Crippen molar-refractivity contribution in [3.05, 3.63) is 83.6 Å². The van der Waals surface area contributed by atoms with Crippen LogP contribution in [0.5, 0.6) is 5.75 Å². The van der Waals surface area contributed by atoms with E-state index in [1.54, 1.807) is 12.1 Å². The Morgan fingerprint density at radius 2 is 1.47 bits per heavy atom. The number of ether oxygens (including phenoxy) is 2. The van der Waals surface area contributed by atoms with Crippen molar-refractivity contribution in [1.29, 1.82) is 0 Å². The van der Waals surface area contributed by atoms with Crippen LogP contribution in [0.4, 0.5) is 0 Å². The molecule has 4 nitrogen and oxygen atoms in total. The fourth-order valence-corrected chi connectivity index (χ4v) is 3.72. The molecule has 1 aromatic heterocycles. The highest BCUT2D eigenvalue weighted by Gasteiger charge is 2.09. The van der Waals surface area contributed by atoms with Crippen LogP contribution in [0.15, 0.2) is 66.9 Å². The molecule has 0 saturated carbocycles. The number of hydrogen-bond donors (Lipinski definition) is 0. The number of unbranched alkanes of at least 4 members (excludes halogenated alkanes) is 5. The van der Waals surface area contributed by atoms with Crippen LogP contribution in [0, 0.1) is 0 Å². The maximum Gasteiger partial charge on any atom is 0.343 e. The van der Waals surface area contributed by atoms with E-state index in [4.69, 9.17) is 9.47 Å². The molecule has 34 heavy (non-hydrogen) atoms. The molecule has 3 rings (SSSR count). The van der Waals surface area contributed by atoms with Crippen molar-refractivity contribution in [2.24, 2.45) is 0 Å². The van der Waals surface area contributed by atoms with Gasteiger partial charge in [-0.3, -0.25) is 4.98 Å². The Bertz CT molecular complexity index is 979. The van der Waals surface area contributed by atoms with Crippen LogP contribution in [0.2, 0.25) is 0 Å². The van der Waals surface area contributed by atoms with Gasteiger partial charge in [0.15, 0.2) is 0 Å². The minimum atomic E-state index is -0.340. The molecule has 0 radical (unpaired) electrons. The smallest absolute Gasteiger partial charge is 0.343 e. The fourth-order valence-electron chi connectivity index (χ4n) is 3.72. The van der Waals surface area contributed by atoms with Gasteiger partial charge in [0.1, 0.15) is 5.75 Å². The molecule has 3 aromatic rings. The van der Waals surface area contributed by atoms with Gasteiger partial charge in [-0.25, -0.2) is 4.79 Å². The standard InChI is InChI=1S/C30H37NO3/c1-3-5-7-8-9-10-24-11-14-27(15-12-24)30(32)34-28-18-16-26(17-19-28)29-20-13-25(22-31-29)23-33-21-6-4-2/h11-20,22H,3-10,21,23H2,1-2H3. The highest BCUT2D eigenvalue weighted by atomic mass is 16.5. The van der Waals surface area contributed by atoms with Crippen LogP contribution in [0.1, 0.15) is 80.3 Å². The molecule has 0 aliphatic rings. The lowest BCUT2D eigenvalue weighted by Gasteiger charge is -2.08. The van der Waals surface area contributed by atoms with Gasteiger partial charge in [-0.2, -0.15) is 0 Å². The summed E-state index contributed by atoms with van der Waals surface area (Å²) in [6, 6.07) is 19.3. The molecule has 0 spiro atoms. The molecule has 0 unspecified atom stereocenters. The lowest BCUT2D eigenvalue weighted by Crippen LogP contribution is -2.08. The Hall–Kier alpha value is -2.98. The van der Waals surface area contributed by atoms with Crippen molar-refractivity contribution in [3.8, 4) is 17.0 Å². The molecule has 0 bridgehead atoms. The number of esters is 1. The SMILES string of the molecule is CCCCCCCc1ccc(C(=O)Oc2ccc(-c3ccc(COCCCC)cn3)cc2)cc1. The lowest BCUT2D eigenvalue weighted by atomic mass is 10.0. The quantitative estimate of drug-likeness (QED) is 0.140. The number of aromatic nitrogens is 1. The summed E-state index contributed by atoms with van der Waals surface area (Å²) < 4.78 is 11.2. The van der Waals surface area contributed by atoms with Gasteiger partial charge in [0.2, 0.25) is 0 Å². The first-order chi connectivity index (χ1) is 16.7. The number of carbonyl (C=O) groups is 1. The summed E-state index contributed by atoms with van der Waals surface area (Å²) >= 11 is 0. The molecule has 1 heterocycles. The highest BCUT2D eigenvalue weighted by molar-refractivity contribution is 5.91. The first-order valence-corrected chi connectivity index (χ1v) is 12.6. The second-order valence-electron chi connectivity index (χ2n) is 8.73. The van der Waals surface area contributed by atoms with Crippen molar-refractivity contribution in [2.45, 2.75) is 71.8 Å². The van der Waals surface area contributed by atoms with Crippen molar-refractivity contribution in [3.63, 3.8) is 0 Å². The van der Waals surface area contributed by atoms with Crippen LogP contribution in [0.3, 0.4) is 0 Å². The molecule has 0 saturated heterocycles. The molecule has 0 aliphatic heterocycles. The molecule has 4 heteroatoms. The zero-order valence-corrected chi connectivity index (χ0v) is 20.6. The number of aryl methyl sites for hydroxylation is 1. The van der Waals surface area contributed by atoms with E-state index in [9.17, 15) is 4.79 Å². The number of pyridine rings is 1. The average Bonchev–Trinajstić information content (AvgIpc) is 2.88. The third-order valence-electron chi connectivity index (χ3n) is 5.85. The molecule has 0 amide bonds. The second kappa shape index (κ2) is 14.3. The van der Waals surface area contributed by atoms with E-state index in [-0.39, 0.29) is 5.97 Å². The zero-order valence-electron chi connectivity index (χ0n) is 20.6. The lowest BCUT2D eigenvalue weighted by molar-refractivity contribution is 0.0734. The third kappa shape index (κ3) is 8.42. The van der Waals surface area contributed by atoms with E-state index in [1.807, 2.05) is 54.7 Å². The normalized spacial score (nSPS) is 10.9. The van der Waals surface area contributed by atoms with Crippen LogP contribution >= 0.6 is 0 Å². The van der Waals surface area contributed by atoms with Crippen LogP contribution in [0.25, 0.3) is 11.3 Å². The highest BCUT2D eigenvalue weighted by Crippen LogP contribution is 2.22. The molecule has 0 aliphatic carbocycles. The van der Waals surface area contributed by atoms with Crippen molar-refractivity contribution < 1.29 is 14.3 Å². The minimum Gasteiger partial charge on any atom is -0.423 e. The summed E-state index contributed by atoms with van der Waals surface area (Å²) in [6.45, 7) is 5.75. The van der Waals surface area contributed by atoms with Crippen molar-refractivity contribution in [1.82, 2.24) is 4.98 Å². The summed E-state index contributed by atoms with van der Waals surface area (Å²) in [5.74, 6) is 0.183. The topological polar surface area (TPSA) is 48.4 Å². The number of benzene rings is 2. The molecule has 0 atom stereocenters. The molecular weight excluding hydrogens is 422 g/mol. The average molecular weight is 460 g/mol. The predicted octanol–water partition coefficient (Wildman–Crippen LogP) is 7.80. The molecule has 180 valence electrons. The second-order valence-corrected chi connectivity index (χ2v) is 8.73. The van der Waals surface area contributed by atoms with Crippen LogP contribution in [-0.2, 0) is 17.8 Å². The predicted molar refractivity (Wildman–Crippen MR) is 138 cm³/mol. The number of carbonyl (C=O) groups excluding carboxylic acids is 1. The van der Waals surface area contributed by atoms with Crippen LogP contribution < -0.4 is 4.74 Å². The van der Waals surface area contributed by atoms with E-state index in [1.165, 1.54) is 37.7 Å². The van der Waals surface area contributed by atoms with Gasteiger partial charge >= 0.3 is 5.97 Å². The largest absolute Gasteiger partial charge is 0.423 e. The van der Waals surface area contributed by atoms with Gasteiger partial charge in [0.05, 0.1) is 17.9 Å². The molecule has 0 fully saturated rings. The van der Waals surface area contributed by atoms with E-state index in [2.05, 4.69) is 18.8 Å². The zero-order chi connectivity index (χ0) is 24.0. The van der Waals surface area contributed by atoms with Gasteiger partial charge in [0, 0.05) is 18.4 Å². The molecular formula is C30H37NO3. The minimum absolute atomic E-state index is 0.340.